The lowest BCUT2D eigenvalue weighted by Crippen LogP contribution is -2.37. The second-order valence-electron chi connectivity index (χ2n) is 8.98. The Bertz CT molecular complexity index is 1210. The fraction of sp³-hybridized carbons (Fsp3) is 0.440. The van der Waals surface area contributed by atoms with Crippen LogP contribution in [0, 0.1) is 11.8 Å². The third kappa shape index (κ3) is 4.89. The fourth-order valence-electron chi connectivity index (χ4n) is 4.30. The van der Waals surface area contributed by atoms with E-state index >= 15 is 0 Å². The monoisotopic (exact) mass is 486 g/mol. The second kappa shape index (κ2) is 9.66. The van der Waals surface area contributed by atoms with Gasteiger partial charge in [-0.3, -0.25) is 9.59 Å². The van der Waals surface area contributed by atoms with Gasteiger partial charge in [0.05, 0.1) is 16.6 Å². The number of amides is 2. The highest BCUT2D eigenvalue weighted by atomic mass is 32.2. The Balaban J connectivity index is 1.45. The molecule has 1 unspecified atom stereocenters. The summed E-state index contributed by atoms with van der Waals surface area (Å²) in [6, 6.07) is 10.3. The van der Waals surface area contributed by atoms with Crippen LogP contribution in [0.15, 0.2) is 41.3 Å². The summed E-state index contributed by atoms with van der Waals surface area (Å²) >= 11 is 0. The highest BCUT2D eigenvalue weighted by Crippen LogP contribution is 2.33. The largest absolute Gasteiger partial charge is 0.454 e. The minimum Gasteiger partial charge on any atom is -0.454 e. The van der Waals surface area contributed by atoms with Gasteiger partial charge in [-0.15, -0.1) is 0 Å². The van der Waals surface area contributed by atoms with Crippen molar-refractivity contribution in [3.05, 3.63) is 47.5 Å². The van der Waals surface area contributed by atoms with Crippen LogP contribution >= 0.6 is 0 Å². The molecule has 2 aromatic rings. The molecule has 1 N–H and O–H groups in total. The van der Waals surface area contributed by atoms with E-state index < -0.39 is 15.8 Å². The van der Waals surface area contributed by atoms with Crippen LogP contribution < -0.4 is 19.7 Å². The van der Waals surface area contributed by atoms with E-state index in [2.05, 4.69) is 5.32 Å². The summed E-state index contributed by atoms with van der Waals surface area (Å²) in [5.74, 6) is -0.147. The molecular formula is C25H30N2O6S. The van der Waals surface area contributed by atoms with E-state index in [0.717, 1.165) is 16.8 Å². The van der Waals surface area contributed by atoms with Gasteiger partial charge in [-0.1, -0.05) is 26.8 Å². The quantitative estimate of drug-likeness (QED) is 0.615. The molecule has 34 heavy (non-hydrogen) atoms. The summed E-state index contributed by atoms with van der Waals surface area (Å²) in [6.45, 7) is 6.49. The lowest BCUT2D eigenvalue weighted by Gasteiger charge is -2.21. The normalized spacial score (nSPS) is 15.4. The molecular weight excluding hydrogens is 456 g/mol. The van der Waals surface area contributed by atoms with Crippen LogP contribution in [0.5, 0.6) is 11.5 Å². The SMILES string of the molecule is CCC(=O)N1CCc2cc(S(=O)(=O)CC(C(=O)NCc3ccc4c(c3)OCO4)C(C)C)ccc21. The third-order valence-corrected chi connectivity index (χ3v) is 8.12. The molecule has 1 atom stereocenters. The van der Waals surface area contributed by atoms with Crippen LogP contribution in [0.3, 0.4) is 0 Å². The summed E-state index contributed by atoms with van der Waals surface area (Å²) in [7, 11) is -3.71. The zero-order valence-electron chi connectivity index (χ0n) is 19.7. The van der Waals surface area contributed by atoms with Gasteiger partial charge in [0.2, 0.25) is 18.6 Å². The second-order valence-corrected chi connectivity index (χ2v) is 11.0. The van der Waals surface area contributed by atoms with Gasteiger partial charge in [-0.2, -0.15) is 0 Å². The summed E-state index contributed by atoms with van der Waals surface area (Å²) in [6.07, 6.45) is 1.02. The van der Waals surface area contributed by atoms with Gasteiger partial charge in [-0.25, -0.2) is 8.42 Å². The minimum absolute atomic E-state index is 0.0216. The van der Waals surface area contributed by atoms with E-state index in [0.29, 0.717) is 30.9 Å². The molecule has 0 spiro atoms. The van der Waals surface area contributed by atoms with E-state index in [1.165, 1.54) is 6.07 Å². The number of hydrogen-bond donors (Lipinski definition) is 1. The Kier molecular flexibility index (Phi) is 6.84. The van der Waals surface area contributed by atoms with Crippen LogP contribution in [0.2, 0.25) is 0 Å². The van der Waals surface area contributed by atoms with E-state index in [1.807, 2.05) is 26.8 Å². The molecule has 0 bridgehead atoms. The van der Waals surface area contributed by atoms with Gasteiger partial charge in [-0.05, 0) is 53.8 Å². The maximum Gasteiger partial charge on any atom is 0.231 e. The van der Waals surface area contributed by atoms with Crippen LogP contribution in [-0.4, -0.2) is 39.3 Å². The highest BCUT2D eigenvalue weighted by Gasteiger charge is 2.31. The number of fused-ring (bicyclic) bond motifs is 2. The van der Waals surface area contributed by atoms with E-state index in [-0.39, 0.29) is 41.7 Å². The number of carbonyl (C=O) groups excluding carboxylic acids is 2. The van der Waals surface area contributed by atoms with Gasteiger partial charge in [0.1, 0.15) is 0 Å². The molecule has 2 amide bonds. The maximum absolute atomic E-state index is 13.2. The molecule has 0 radical (unpaired) electrons. The van der Waals surface area contributed by atoms with Crippen LogP contribution in [0.4, 0.5) is 5.69 Å². The molecule has 2 aromatic carbocycles. The minimum atomic E-state index is -3.71. The number of anilines is 1. The van der Waals surface area contributed by atoms with E-state index in [4.69, 9.17) is 9.47 Å². The van der Waals surface area contributed by atoms with Crippen LogP contribution in [0.1, 0.15) is 38.3 Å². The van der Waals surface area contributed by atoms with Gasteiger partial charge in [0.15, 0.2) is 21.3 Å². The number of hydrogen-bond acceptors (Lipinski definition) is 6. The van der Waals surface area contributed by atoms with Crippen molar-refractivity contribution in [3.63, 3.8) is 0 Å². The molecule has 0 saturated heterocycles. The predicted octanol–water partition coefficient (Wildman–Crippen LogP) is 3.08. The summed E-state index contributed by atoms with van der Waals surface area (Å²) in [5, 5.41) is 2.87. The zero-order chi connectivity index (χ0) is 24.5. The number of nitrogens with zero attached hydrogens (tertiary/aromatic N) is 1. The van der Waals surface area contributed by atoms with E-state index in [1.54, 1.807) is 29.2 Å². The molecule has 182 valence electrons. The van der Waals surface area contributed by atoms with E-state index in [9.17, 15) is 18.0 Å². The lowest BCUT2D eigenvalue weighted by molar-refractivity contribution is -0.125. The molecule has 2 heterocycles. The Hall–Kier alpha value is -3.07. The Morgan fingerprint density at radius 1 is 1.09 bits per heavy atom. The van der Waals surface area contributed by atoms with Gasteiger partial charge in [0, 0.05) is 25.2 Å². The molecule has 8 nitrogen and oxygen atoms in total. The smallest absolute Gasteiger partial charge is 0.231 e. The first-order valence-corrected chi connectivity index (χ1v) is 13.2. The molecule has 2 aliphatic rings. The average Bonchev–Trinajstić information content (AvgIpc) is 3.46. The topological polar surface area (TPSA) is 102 Å². The fourth-order valence-corrected chi connectivity index (χ4v) is 6.09. The van der Waals surface area contributed by atoms with Crippen molar-refractivity contribution in [1.29, 1.82) is 0 Å². The number of rotatable bonds is 8. The number of sulfone groups is 1. The first-order chi connectivity index (χ1) is 16.2. The molecule has 2 aliphatic heterocycles. The van der Waals surface area contributed by atoms with Crippen molar-refractivity contribution in [2.24, 2.45) is 11.8 Å². The van der Waals surface area contributed by atoms with Gasteiger partial charge >= 0.3 is 0 Å². The van der Waals surface area contributed by atoms with Crippen molar-refractivity contribution in [2.75, 3.05) is 24.0 Å². The Labute approximate surface area is 200 Å². The number of benzene rings is 2. The zero-order valence-corrected chi connectivity index (χ0v) is 20.5. The van der Waals surface area contributed by atoms with Crippen LogP contribution in [-0.2, 0) is 32.4 Å². The molecule has 9 heteroatoms. The van der Waals surface area contributed by atoms with Crippen molar-refractivity contribution in [3.8, 4) is 11.5 Å². The predicted molar refractivity (Wildman–Crippen MR) is 128 cm³/mol. The first-order valence-electron chi connectivity index (χ1n) is 11.5. The average molecular weight is 487 g/mol. The highest BCUT2D eigenvalue weighted by molar-refractivity contribution is 7.91. The van der Waals surface area contributed by atoms with Crippen molar-refractivity contribution < 1.29 is 27.5 Å². The standard InChI is InChI=1S/C25H30N2O6S/c1-4-24(28)27-10-9-18-12-19(6-7-21(18)27)34(30,31)14-20(16(2)3)25(29)26-13-17-5-8-22-23(11-17)33-15-32-22/h5-8,11-12,16,20H,4,9-10,13-15H2,1-3H3,(H,26,29). The lowest BCUT2D eigenvalue weighted by atomic mass is 9.97. The summed E-state index contributed by atoms with van der Waals surface area (Å²) < 4.78 is 37.1. The molecule has 0 aliphatic carbocycles. The van der Waals surface area contributed by atoms with Crippen molar-refractivity contribution in [2.45, 2.75) is 45.1 Å². The number of ether oxygens (including phenoxy) is 2. The van der Waals surface area contributed by atoms with Crippen molar-refractivity contribution >= 4 is 27.3 Å². The molecule has 4 rings (SSSR count). The van der Waals surface area contributed by atoms with Crippen LogP contribution in [0.25, 0.3) is 0 Å². The maximum atomic E-state index is 13.2. The summed E-state index contributed by atoms with van der Waals surface area (Å²) in [5.41, 5.74) is 2.46. The molecule has 0 saturated carbocycles. The molecule has 0 aromatic heterocycles. The Morgan fingerprint density at radius 3 is 2.59 bits per heavy atom. The number of carbonyl (C=O) groups is 2. The van der Waals surface area contributed by atoms with Crippen molar-refractivity contribution in [1.82, 2.24) is 5.32 Å². The number of nitrogens with one attached hydrogen (secondary N) is 1. The third-order valence-electron chi connectivity index (χ3n) is 6.35. The summed E-state index contributed by atoms with van der Waals surface area (Å²) in [4.78, 5) is 27.0. The Morgan fingerprint density at radius 2 is 1.85 bits per heavy atom. The molecule has 0 fully saturated rings. The first kappa shape index (κ1) is 24.1. The van der Waals surface area contributed by atoms with Gasteiger partial charge < -0.3 is 19.7 Å². The van der Waals surface area contributed by atoms with Gasteiger partial charge in [0.25, 0.3) is 0 Å².